The third-order valence-electron chi connectivity index (χ3n) is 10.2. The van der Waals surface area contributed by atoms with Crippen LogP contribution < -0.4 is 0 Å². The van der Waals surface area contributed by atoms with E-state index in [9.17, 15) is 25.3 Å². The lowest BCUT2D eigenvalue weighted by molar-refractivity contribution is 0.335. The second-order valence-corrected chi connectivity index (χ2v) is 19.5. The van der Waals surface area contributed by atoms with Crippen LogP contribution in [0.25, 0.3) is 0 Å². The second kappa shape index (κ2) is 15.3. The first-order chi connectivity index (χ1) is 23.9. The molecule has 0 atom stereocenters. The lowest BCUT2D eigenvalue weighted by Gasteiger charge is -2.28. The number of benzene rings is 4. The molecule has 0 saturated carbocycles. The van der Waals surface area contributed by atoms with Crippen molar-refractivity contribution >= 4 is 30.1 Å². The van der Waals surface area contributed by atoms with Gasteiger partial charge in [0.2, 0.25) is 30.1 Å². The average Bonchev–Trinajstić information content (AvgIpc) is 3.09. The third kappa shape index (κ3) is 8.16. The molecule has 4 aromatic rings. The van der Waals surface area contributed by atoms with Gasteiger partial charge in [-0.2, -0.15) is 12.9 Å². The van der Waals surface area contributed by atoms with Crippen LogP contribution in [0.5, 0.6) is 0 Å². The minimum absolute atomic E-state index is 0.0508. The number of hydrogen-bond acceptors (Lipinski definition) is 6. The van der Waals surface area contributed by atoms with E-state index in [1.165, 1.54) is 12.9 Å². The molecule has 2 aliphatic heterocycles. The maximum Gasteiger partial charge on any atom is 0.243 e. The van der Waals surface area contributed by atoms with Crippen molar-refractivity contribution in [2.75, 3.05) is 26.2 Å². The van der Waals surface area contributed by atoms with Crippen LogP contribution in [0, 0.1) is 48.5 Å². The van der Waals surface area contributed by atoms with Crippen molar-refractivity contribution in [3.8, 4) is 0 Å². The molecule has 2 aliphatic rings. The van der Waals surface area contributed by atoms with E-state index < -0.39 is 30.1 Å². The summed E-state index contributed by atoms with van der Waals surface area (Å²) >= 11 is 0. The molecule has 9 nitrogen and oxygen atoms in total. The van der Waals surface area contributed by atoms with Crippen molar-refractivity contribution in [3.63, 3.8) is 0 Å². The van der Waals surface area contributed by atoms with E-state index in [0.29, 0.717) is 0 Å². The number of nitrogens with zero attached hydrogens (tertiary/aromatic N) is 3. The van der Waals surface area contributed by atoms with Crippen LogP contribution in [0.4, 0.5) is 0 Å². The van der Waals surface area contributed by atoms with Gasteiger partial charge in [-0.05, 0) is 131 Å². The largest absolute Gasteiger partial charge is 0.243 e. The summed E-state index contributed by atoms with van der Waals surface area (Å²) < 4.78 is 89.5. The average molecular weight is 752 g/mol. The summed E-state index contributed by atoms with van der Waals surface area (Å²) in [7, 11) is -11.9. The van der Waals surface area contributed by atoms with Crippen LogP contribution in [-0.4, -0.2) is 64.3 Å². The van der Waals surface area contributed by atoms with Gasteiger partial charge in [0.15, 0.2) is 0 Å². The number of hydrogen-bond donors (Lipinski definition) is 0. The van der Waals surface area contributed by atoms with Gasteiger partial charge in [0, 0.05) is 39.3 Å². The van der Waals surface area contributed by atoms with Crippen LogP contribution in [-0.2, 0) is 43.2 Å². The lowest BCUT2D eigenvalue weighted by Crippen LogP contribution is -2.38. The monoisotopic (exact) mass is 751 g/mol. The molecule has 51 heavy (non-hydrogen) atoms. The molecule has 0 aliphatic carbocycles. The Morgan fingerprint density at radius 3 is 0.882 bits per heavy atom. The summed E-state index contributed by atoms with van der Waals surface area (Å²) in [6.07, 6.45) is 0.464. The summed E-state index contributed by atoms with van der Waals surface area (Å²) in [6.45, 7) is 14.0. The molecule has 0 saturated heterocycles. The Morgan fingerprint density at radius 2 is 0.608 bits per heavy atom. The number of sulfonamides is 3. The lowest BCUT2D eigenvalue weighted by atomic mass is 9.88. The van der Waals surface area contributed by atoms with Crippen molar-refractivity contribution < 1.29 is 25.3 Å². The number of aryl methyl sites for hydroxylation is 3. The maximum absolute atomic E-state index is 14.3. The topological polar surface area (TPSA) is 112 Å². The van der Waals surface area contributed by atoms with Crippen LogP contribution in [0.3, 0.4) is 0 Å². The van der Waals surface area contributed by atoms with E-state index in [0.717, 1.165) is 50.1 Å². The zero-order valence-corrected chi connectivity index (χ0v) is 33.1. The summed E-state index contributed by atoms with van der Waals surface area (Å²) in [5, 5.41) is 0. The first-order valence-electron chi connectivity index (χ1n) is 17.2. The van der Waals surface area contributed by atoms with E-state index in [1.807, 2.05) is 48.5 Å². The zero-order valence-electron chi connectivity index (χ0n) is 30.6. The van der Waals surface area contributed by atoms with Gasteiger partial charge >= 0.3 is 0 Å². The van der Waals surface area contributed by atoms with E-state index in [1.54, 1.807) is 72.8 Å². The molecule has 0 fully saturated rings. The molecule has 6 rings (SSSR count). The van der Waals surface area contributed by atoms with E-state index in [4.69, 9.17) is 0 Å². The molecule has 12 heteroatoms. The molecule has 0 aromatic heterocycles. The zero-order chi connectivity index (χ0) is 37.3. The Hall–Kier alpha value is -3.39. The molecule has 2 bridgehead atoms. The maximum atomic E-state index is 14.3. The fourth-order valence-corrected chi connectivity index (χ4v) is 11.1. The molecule has 0 N–H and O–H groups in total. The summed E-state index contributed by atoms with van der Waals surface area (Å²) in [6, 6.07) is 20.1. The smallest absolute Gasteiger partial charge is 0.207 e. The van der Waals surface area contributed by atoms with Gasteiger partial charge in [-0.3, -0.25) is 0 Å². The molecule has 4 aromatic carbocycles. The fourth-order valence-electron chi connectivity index (χ4n) is 6.64. The molecular formula is C39H49N3O6S3. The van der Waals surface area contributed by atoms with E-state index in [-0.39, 0.29) is 66.8 Å². The van der Waals surface area contributed by atoms with Crippen molar-refractivity contribution in [1.82, 2.24) is 12.9 Å². The van der Waals surface area contributed by atoms with Gasteiger partial charge in [0.1, 0.15) is 0 Å². The van der Waals surface area contributed by atoms with E-state index in [2.05, 4.69) is 0 Å². The number of rotatable bonds is 6. The summed E-state index contributed by atoms with van der Waals surface area (Å²) in [5.41, 5.74) is 8.14. The van der Waals surface area contributed by atoms with Crippen LogP contribution >= 0.6 is 0 Å². The molecule has 0 amide bonds. The molecule has 0 unspecified atom stereocenters. The minimum atomic E-state index is -3.98. The van der Waals surface area contributed by atoms with Gasteiger partial charge in [-0.1, -0.05) is 53.1 Å². The number of fused-ring (bicyclic) bond motifs is 12. The Labute approximate surface area is 305 Å². The normalized spacial score (nSPS) is 16.5. The highest BCUT2D eigenvalue weighted by Gasteiger charge is 2.32. The van der Waals surface area contributed by atoms with Gasteiger partial charge in [-0.15, -0.1) is 0 Å². The van der Waals surface area contributed by atoms with Gasteiger partial charge < -0.3 is 0 Å². The Balaban J connectivity index is 1.64. The molecule has 2 heterocycles. The highest BCUT2D eigenvalue weighted by molar-refractivity contribution is 7.89. The fraction of sp³-hybridized carbons (Fsp3) is 0.385. The molecule has 0 spiro atoms. The van der Waals surface area contributed by atoms with E-state index >= 15 is 0 Å². The first-order valence-corrected chi connectivity index (χ1v) is 21.5. The highest BCUT2D eigenvalue weighted by Crippen LogP contribution is 2.32. The quantitative estimate of drug-likeness (QED) is 0.217. The Morgan fingerprint density at radius 1 is 0.373 bits per heavy atom. The summed E-state index contributed by atoms with van der Waals surface area (Å²) in [5.74, 6) is 0. The third-order valence-corrected chi connectivity index (χ3v) is 15.8. The van der Waals surface area contributed by atoms with Crippen molar-refractivity contribution in [2.45, 2.75) is 89.1 Å². The highest BCUT2D eigenvalue weighted by atomic mass is 32.2. The summed E-state index contributed by atoms with van der Waals surface area (Å²) in [4.78, 5) is 0.481. The standard InChI is InChI=1S/C39H49N3O6S3/c1-28-10-16-35(17-11-28)49(43,44)40-22-8-24-41(50(45,46)36-18-12-29(2)13-19-36)26-38-31(4)33(6)39(34(7)32(38)5)27-42(25-9-23-40)51(47,48)37-20-14-30(3)15-21-37/h10-21H,8-9,22-27H2,1-7H3. The second-order valence-electron chi connectivity index (χ2n) is 13.7. The first kappa shape index (κ1) is 38.8. The molecule has 274 valence electrons. The van der Waals surface area contributed by atoms with Crippen LogP contribution in [0.2, 0.25) is 0 Å². The van der Waals surface area contributed by atoms with Crippen molar-refractivity contribution in [1.29, 1.82) is 0 Å². The predicted octanol–water partition coefficient (Wildman–Crippen LogP) is 6.71. The van der Waals surface area contributed by atoms with Gasteiger partial charge in [0.25, 0.3) is 0 Å². The van der Waals surface area contributed by atoms with Crippen molar-refractivity contribution in [2.24, 2.45) is 0 Å². The van der Waals surface area contributed by atoms with Gasteiger partial charge in [0.05, 0.1) is 14.7 Å². The van der Waals surface area contributed by atoms with Crippen LogP contribution in [0.1, 0.15) is 62.9 Å². The predicted molar refractivity (Wildman–Crippen MR) is 202 cm³/mol. The minimum Gasteiger partial charge on any atom is -0.207 e. The van der Waals surface area contributed by atoms with Crippen molar-refractivity contribution in [3.05, 3.63) is 123 Å². The molecular weight excluding hydrogens is 703 g/mol. The van der Waals surface area contributed by atoms with Crippen LogP contribution in [0.15, 0.2) is 87.5 Å². The molecule has 0 radical (unpaired) electrons. The SMILES string of the molecule is Cc1ccc(S(=O)(=O)N2CCCN(S(=O)(=O)c3ccc(C)cc3)Cc3c(C)c(C)c(c(C)c3C)CN(S(=O)(=O)c3ccc(C)cc3)CCC2)cc1. The Kier molecular flexibility index (Phi) is 11.6. The van der Waals surface area contributed by atoms with Gasteiger partial charge in [-0.25, -0.2) is 25.3 Å². The Bertz CT molecular complexity index is 2070.